The topological polar surface area (TPSA) is 62.0 Å². The van der Waals surface area contributed by atoms with E-state index < -0.39 is 0 Å². The first kappa shape index (κ1) is 20.9. The molecule has 2 aromatic carbocycles. The molecule has 0 bridgehead atoms. The first-order chi connectivity index (χ1) is 14.0. The molecule has 0 aliphatic carbocycles. The summed E-state index contributed by atoms with van der Waals surface area (Å²) in [5.41, 5.74) is 2.62. The zero-order valence-electron chi connectivity index (χ0n) is 17.4. The summed E-state index contributed by atoms with van der Waals surface area (Å²) >= 11 is 1.49. The van der Waals surface area contributed by atoms with E-state index in [1.807, 2.05) is 45.4 Å². The van der Waals surface area contributed by atoms with Crippen molar-refractivity contribution in [2.24, 2.45) is 12.0 Å². The second-order valence-electron chi connectivity index (χ2n) is 6.43. The summed E-state index contributed by atoms with van der Waals surface area (Å²) in [6.45, 7) is 9.07. The Labute approximate surface area is 174 Å². The van der Waals surface area contributed by atoms with Gasteiger partial charge < -0.3 is 18.8 Å². The highest BCUT2D eigenvalue weighted by Gasteiger charge is 2.18. The minimum atomic E-state index is -0.353. The molecule has 0 N–H and O–H groups in total. The van der Waals surface area contributed by atoms with Crippen molar-refractivity contribution in [3.63, 3.8) is 0 Å². The van der Waals surface area contributed by atoms with Crippen LogP contribution in [0, 0.1) is 6.92 Å². The molecule has 0 spiro atoms. The number of rotatable bonds is 7. The van der Waals surface area contributed by atoms with Crippen molar-refractivity contribution in [2.45, 2.75) is 27.7 Å². The Morgan fingerprint density at radius 2 is 1.62 bits per heavy atom. The molecule has 7 heteroatoms. The van der Waals surface area contributed by atoms with Gasteiger partial charge in [-0.2, -0.15) is 4.99 Å². The maximum absolute atomic E-state index is 13.0. The van der Waals surface area contributed by atoms with Gasteiger partial charge >= 0.3 is 0 Å². The molecule has 1 amide bonds. The number of thiazole rings is 1. The fourth-order valence-corrected chi connectivity index (χ4v) is 4.13. The average Bonchev–Trinajstić information content (AvgIpc) is 2.99. The lowest BCUT2D eigenvalue weighted by atomic mass is 10.1. The SMILES string of the molecule is CCOc1cc(C(=O)N=c2sc3cc(C)ccc3n2C)cc(OCC)c1OCC. The van der Waals surface area contributed by atoms with Crippen LogP contribution < -0.4 is 19.0 Å². The molecule has 154 valence electrons. The molecular formula is C22H26N2O4S. The second-order valence-corrected chi connectivity index (χ2v) is 7.44. The van der Waals surface area contributed by atoms with Gasteiger partial charge in [0.15, 0.2) is 16.3 Å². The van der Waals surface area contributed by atoms with E-state index in [-0.39, 0.29) is 5.91 Å². The van der Waals surface area contributed by atoms with Gasteiger partial charge in [0.05, 0.1) is 30.0 Å². The number of ether oxygens (including phenoxy) is 3. The van der Waals surface area contributed by atoms with Crippen LogP contribution in [-0.4, -0.2) is 30.3 Å². The zero-order valence-corrected chi connectivity index (χ0v) is 18.3. The number of carbonyl (C=O) groups is 1. The number of hydrogen-bond acceptors (Lipinski definition) is 5. The zero-order chi connectivity index (χ0) is 21.0. The largest absolute Gasteiger partial charge is 0.490 e. The maximum Gasteiger partial charge on any atom is 0.279 e. The molecule has 0 atom stereocenters. The average molecular weight is 415 g/mol. The van der Waals surface area contributed by atoms with E-state index in [0.29, 0.717) is 47.4 Å². The van der Waals surface area contributed by atoms with Crippen LogP contribution in [0.3, 0.4) is 0 Å². The summed E-state index contributed by atoms with van der Waals surface area (Å²) in [5.74, 6) is 1.12. The van der Waals surface area contributed by atoms with Crippen LogP contribution in [0.5, 0.6) is 17.2 Å². The van der Waals surface area contributed by atoms with Crippen LogP contribution in [0.2, 0.25) is 0 Å². The van der Waals surface area contributed by atoms with E-state index in [2.05, 4.69) is 17.1 Å². The van der Waals surface area contributed by atoms with E-state index >= 15 is 0 Å². The Morgan fingerprint density at radius 3 is 2.21 bits per heavy atom. The quantitative estimate of drug-likeness (QED) is 0.572. The summed E-state index contributed by atoms with van der Waals surface area (Å²) in [6.07, 6.45) is 0. The molecule has 0 fully saturated rings. The standard InChI is InChI=1S/C22H26N2O4S/c1-6-26-17-12-15(13-18(27-7-2)20(17)28-8-3)21(25)23-22-24(5)16-10-9-14(4)11-19(16)29-22/h9-13H,6-8H2,1-5H3. The number of aromatic nitrogens is 1. The number of hydrogen-bond donors (Lipinski definition) is 0. The maximum atomic E-state index is 13.0. The van der Waals surface area contributed by atoms with Gasteiger partial charge in [-0.1, -0.05) is 17.4 Å². The molecular weight excluding hydrogens is 388 g/mol. The van der Waals surface area contributed by atoms with E-state index in [1.165, 1.54) is 16.9 Å². The van der Waals surface area contributed by atoms with Crippen LogP contribution >= 0.6 is 11.3 Å². The third-order valence-electron chi connectivity index (χ3n) is 4.32. The lowest BCUT2D eigenvalue weighted by Crippen LogP contribution is -2.13. The molecule has 29 heavy (non-hydrogen) atoms. The number of nitrogens with zero attached hydrogens (tertiary/aromatic N) is 2. The molecule has 0 aliphatic heterocycles. The minimum absolute atomic E-state index is 0.353. The smallest absolute Gasteiger partial charge is 0.279 e. The molecule has 3 aromatic rings. The van der Waals surface area contributed by atoms with Gasteiger partial charge in [0.25, 0.3) is 5.91 Å². The summed E-state index contributed by atoms with van der Waals surface area (Å²) in [7, 11) is 1.91. The summed E-state index contributed by atoms with van der Waals surface area (Å²) in [4.78, 5) is 18.0. The highest BCUT2D eigenvalue weighted by molar-refractivity contribution is 7.16. The summed E-state index contributed by atoms with van der Waals surface area (Å²) in [6, 6.07) is 9.53. The molecule has 1 heterocycles. The van der Waals surface area contributed by atoms with Crippen molar-refractivity contribution in [2.75, 3.05) is 19.8 Å². The Kier molecular flexibility index (Phi) is 6.59. The monoisotopic (exact) mass is 414 g/mol. The van der Waals surface area contributed by atoms with E-state index in [0.717, 1.165) is 10.2 Å². The van der Waals surface area contributed by atoms with Gasteiger partial charge in [0.1, 0.15) is 0 Å². The number of aryl methyl sites for hydroxylation is 2. The normalized spacial score (nSPS) is 11.7. The van der Waals surface area contributed by atoms with Crippen molar-refractivity contribution in [3.05, 3.63) is 46.3 Å². The van der Waals surface area contributed by atoms with Gasteiger partial charge in [0.2, 0.25) is 5.75 Å². The van der Waals surface area contributed by atoms with Crippen molar-refractivity contribution in [1.29, 1.82) is 0 Å². The first-order valence-electron chi connectivity index (χ1n) is 9.70. The Balaban J connectivity index is 2.09. The highest BCUT2D eigenvalue weighted by Crippen LogP contribution is 2.39. The van der Waals surface area contributed by atoms with E-state index in [4.69, 9.17) is 14.2 Å². The van der Waals surface area contributed by atoms with E-state index in [1.54, 1.807) is 12.1 Å². The number of carbonyl (C=O) groups excluding carboxylic acids is 1. The van der Waals surface area contributed by atoms with Crippen LogP contribution in [-0.2, 0) is 7.05 Å². The molecule has 6 nitrogen and oxygen atoms in total. The molecule has 0 unspecified atom stereocenters. The second kappa shape index (κ2) is 9.13. The predicted molar refractivity (Wildman–Crippen MR) is 115 cm³/mol. The van der Waals surface area contributed by atoms with Crippen molar-refractivity contribution in [3.8, 4) is 17.2 Å². The van der Waals surface area contributed by atoms with Crippen LogP contribution in [0.1, 0.15) is 36.7 Å². The number of benzene rings is 2. The van der Waals surface area contributed by atoms with Gasteiger partial charge in [-0.3, -0.25) is 4.79 Å². The number of amides is 1. The molecule has 0 saturated carbocycles. The molecule has 3 rings (SSSR count). The van der Waals surface area contributed by atoms with Gasteiger partial charge in [-0.15, -0.1) is 0 Å². The van der Waals surface area contributed by atoms with Crippen LogP contribution in [0.4, 0.5) is 0 Å². The third kappa shape index (κ3) is 4.45. The van der Waals surface area contributed by atoms with Crippen LogP contribution in [0.15, 0.2) is 35.3 Å². The summed E-state index contributed by atoms with van der Waals surface area (Å²) < 4.78 is 20.1. The number of fused-ring (bicyclic) bond motifs is 1. The van der Waals surface area contributed by atoms with Gasteiger partial charge in [0, 0.05) is 12.6 Å². The summed E-state index contributed by atoms with van der Waals surface area (Å²) in [5, 5.41) is 0. The Morgan fingerprint density at radius 1 is 1.00 bits per heavy atom. The fourth-order valence-electron chi connectivity index (χ4n) is 3.01. The van der Waals surface area contributed by atoms with Crippen molar-refractivity contribution < 1.29 is 19.0 Å². The lowest BCUT2D eigenvalue weighted by molar-refractivity contribution is 0.0997. The Hall–Kier alpha value is -2.80. The first-order valence-corrected chi connectivity index (χ1v) is 10.5. The lowest BCUT2D eigenvalue weighted by Gasteiger charge is -2.16. The minimum Gasteiger partial charge on any atom is -0.490 e. The molecule has 0 saturated heterocycles. The van der Waals surface area contributed by atoms with Gasteiger partial charge in [-0.05, 0) is 57.5 Å². The predicted octanol–water partition coefficient (Wildman–Crippen LogP) is 4.49. The fraction of sp³-hybridized carbons (Fsp3) is 0.364. The van der Waals surface area contributed by atoms with Crippen LogP contribution in [0.25, 0.3) is 10.2 Å². The molecule has 0 radical (unpaired) electrons. The van der Waals surface area contributed by atoms with Gasteiger partial charge in [-0.25, -0.2) is 0 Å². The Bertz CT molecular complexity index is 1070. The van der Waals surface area contributed by atoms with Crippen molar-refractivity contribution >= 4 is 27.5 Å². The molecule has 1 aromatic heterocycles. The highest BCUT2D eigenvalue weighted by atomic mass is 32.1. The van der Waals surface area contributed by atoms with Crippen molar-refractivity contribution in [1.82, 2.24) is 4.57 Å². The van der Waals surface area contributed by atoms with E-state index in [9.17, 15) is 4.79 Å². The molecule has 0 aliphatic rings. The third-order valence-corrected chi connectivity index (χ3v) is 5.41.